The third-order valence-electron chi connectivity index (χ3n) is 5.55. The number of methoxy groups -OCH3 is 1. The molecule has 0 radical (unpaired) electrons. The van der Waals surface area contributed by atoms with Gasteiger partial charge in [0, 0.05) is 33.6 Å². The molecule has 1 atom stereocenters. The first kappa shape index (κ1) is 16.9. The molecule has 3 N–H and O–H groups in total. The zero-order valence-corrected chi connectivity index (χ0v) is 15.4. The molecule has 0 bridgehead atoms. The Balaban J connectivity index is 1.45. The van der Waals surface area contributed by atoms with Crippen molar-refractivity contribution in [3.8, 4) is 5.75 Å². The van der Waals surface area contributed by atoms with Crippen LogP contribution in [0, 0.1) is 5.82 Å². The number of fused-ring (bicyclic) bond motifs is 4. The summed E-state index contributed by atoms with van der Waals surface area (Å²) in [6.07, 6.45) is 2.69. The predicted octanol–water partition coefficient (Wildman–Crippen LogP) is 4.60. The average molecular weight is 377 g/mol. The summed E-state index contributed by atoms with van der Waals surface area (Å²) in [6, 6.07) is 12.2. The van der Waals surface area contributed by atoms with Gasteiger partial charge in [-0.25, -0.2) is 4.39 Å². The van der Waals surface area contributed by atoms with Crippen LogP contribution in [-0.4, -0.2) is 23.0 Å². The number of H-pyrrole nitrogens is 2. The molecule has 0 saturated carbocycles. The number of rotatable bonds is 3. The van der Waals surface area contributed by atoms with Crippen LogP contribution in [0.1, 0.15) is 40.6 Å². The molecular formula is C22H20FN3O2. The molecule has 0 unspecified atom stereocenters. The molecule has 2 aromatic carbocycles. The Bertz CT molecular complexity index is 1210. The van der Waals surface area contributed by atoms with Crippen molar-refractivity contribution in [2.45, 2.75) is 25.3 Å². The van der Waals surface area contributed by atoms with Crippen molar-refractivity contribution in [3.05, 3.63) is 65.2 Å². The van der Waals surface area contributed by atoms with E-state index in [1.807, 2.05) is 24.3 Å². The molecule has 5 rings (SSSR count). The fourth-order valence-electron chi connectivity index (χ4n) is 4.17. The first-order valence-corrected chi connectivity index (χ1v) is 9.40. The number of carbonyl (C=O) groups excluding carboxylic acids is 1. The Morgan fingerprint density at radius 1 is 1.14 bits per heavy atom. The molecular weight excluding hydrogens is 357 g/mol. The summed E-state index contributed by atoms with van der Waals surface area (Å²) in [7, 11) is 1.62. The van der Waals surface area contributed by atoms with E-state index in [0.29, 0.717) is 5.69 Å². The van der Waals surface area contributed by atoms with E-state index >= 15 is 0 Å². The Morgan fingerprint density at radius 2 is 2.04 bits per heavy atom. The van der Waals surface area contributed by atoms with Crippen molar-refractivity contribution >= 4 is 27.7 Å². The van der Waals surface area contributed by atoms with Crippen LogP contribution in [-0.2, 0) is 6.42 Å². The van der Waals surface area contributed by atoms with Crippen molar-refractivity contribution in [2.75, 3.05) is 7.11 Å². The highest BCUT2D eigenvalue weighted by Gasteiger charge is 2.26. The lowest BCUT2D eigenvalue weighted by Gasteiger charge is -2.23. The maximum Gasteiger partial charge on any atom is 0.268 e. The molecule has 1 amide bonds. The molecule has 6 heteroatoms. The molecule has 0 aliphatic heterocycles. The zero-order chi connectivity index (χ0) is 19.3. The van der Waals surface area contributed by atoms with Gasteiger partial charge in [0.2, 0.25) is 0 Å². The quantitative estimate of drug-likeness (QED) is 0.488. The number of hydrogen-bond donors (Lipinski definition) is 3. The van der Waals surface area contributed by atoms with E-state index in [4.69, 9.17) is 4.74 Å². The van der Waals surface area contributed by atoms with Crippen LogP contribution in [0.5, 0.6) is 5.75 Å². The summed E-state index contributed by atoms with van der Waals surface area (Å²) in [5.41, 5.74) is 4.36. The van der Waals surface area contributed by atoms with Gasteiger partial charge in [-0.2, -0.15) is 0 Å². The smallest absolute Gasteiger partial charge is 0.268 e. The third kappa shape index (κ3) is 2.72. The van der Waals surface area contributed by atoms with Crippen molar-refractivity contribution in [2.24, 2.45) is 0 Å². The standard InChI is InChI=1S/C22H20FN3O2/c1-28-14-7-5-12-9-20(24-19(12)11-14)22(27)26-18-4-2-3-15-16-10-13(23)6-8-17(16)25-21(15)18/h5-11,18,24-25H,2-4H2,1H3,(H,26,27)/t18-/m1/s1. The number of carbonyl (C=O) groups is 1. The van der Waals surface area contributed by atoms with Gasteiger partial charge in [0.05, 0.1) is 13.2 Å². The number of aromatic nitrogens is 2. The molecule has 5 nitrogen and oxygen atoms in total. The summed E-state index contributed by atoms with van der Waals surface area (Å²) in [5.74, 6) is 0.343. The Hall–Kier alpha value is -3.28. The summed E-state index contributed by atoms with van der Waals surface area (Å²) < 4.78 is 18.9. The van der Waals surface area contributed by atoms with Crippen molar-refractivity contribution in [1.29, 1.82) is 0 Å². The minimum absolute atomic E-state index is 0.118. The van der Waals surface area contributed by atoms with Crippen LogP contribution in [0.25, 0.3) is 21.8 Å². The first-order chi connectivity index (χ1) is 13.6. The van der Waals surface area contributed by atoms with Crippen LogP contribution in [0.3, 0.4) is 0 Å². The average Bonchev–Trinajstić information content (AvgIpc) is 3.29. The summed E-state index contributed by atoms with van der Waals surface area (Å²) in [4.78, 5) is 19.4. The van der Waals surface area contributed by atoms with Gasteiger partial charge < -0.3 is 20.0 Å². The SMILES string of the molecule is COc1ccc2cc(C(=O)N[C@@H]3CCCc4c3[nH]c3ccc(F)cc43)[nH]c2c1. The summed E-state index contributed by atoms with van der Waals surface area (Å²) >= 11 is 0. The van der Waals surface area contributed by atoms with E-state index in [2.05, 4.69) is 15.3 Å². The van der Waals surface area contributed by atoms with E-state index in [-0.39, 0.29) is 17.8 Å². The van der Waals surface area contributed by atoms with E-state index < -0.39 is 0 Å². The van der Waals surface area contributed by atoms with Crippen molar-refractivity contribution in [3.63, 3.8) is 0 Å². The fourth-order valence-corrected chi connectivity index (χ4v) is 4.17. The Kier molecular flexibility index (Phi) is 3.86. The number of ether oxygens (including phenoxy) is 1. The largest absolute Gasteiger partial charge is 0.497 e. The number of aryl methyl sites for hydroxylation is 1. The number of nitrogens with one attached hydrogen (secondary N) is 3. The number of benzene rings is 2. The van der Waals surface area contributed by atoms with E-state index in [9.17, 15) is 9.18 Å². The number of aromatic amines is 2. The second kappa shape index (κ2) is 6.41. The Morgan fingerprint density at radius 3 is 2.89 bits per heavy atom. The van der Waals surface area contributed by atoms with E-state index in [1.165, 1.54) is 6.07 Å². The fraction of sp³-hybridized carbons (Fsp3) is 0.227. The third-order valence-corrected chi connectivity index (χ3v) is 5.55. The van der Waals surface area contributed by atoms with E-state index in [0.717, 1.165) is 58.1 Å². The van der Waals surface area contributed by atoms with Gasteiger partial charge in [0.25, 0.3) is 5.91 Å². The summed E-state index contributed by atoms with van der Waals surface area (Å²) in [6.45, 7) is 0. The number of halogens is 1. The lowest BCUT2D eigenvalue weighted by molar-refractivity contribution is 0.0927. The van der Waals surface area contributed by atoms with Gasteiger partial charge in [0.1, 0.15) is 17.3 Å². The van der Waals surface area contributed by atoms with Gasteiger partial charge in [-0.3, -0.25) is 4.79 Å². The minimum Gasteiger partial charge on any atom is -0.497 e. The van der Waals surface area contributed by atoms with Crippen molar-refractivity contribution in [1.82, 2.24) is 15.3 Å². The minimum atomic E-state index is -0.242. The molecule has 142 valence electrons. The second-order valence-electron chi connectivity index (χ2n) is 7.26. The zero-order valence-electron chi connectivity index (χ0n) is 15.4. The van der Waals surface area contributed by atoms with Gasteiger partial charge in [-0.05, 0) is 61.2 Å². The summed E-state index contributed by atoms with van der Waals surface area (Å²) in [5, 5.41) is 4.99. The lowest BCUT2D eigenvalue weighted by Crippen LogP contribution is -2.31. The highest BCUT2D eigenvalue weighted by atomic mass is 19.1. The second-order valence-corrected chi connectivity index (χ2v) is 7.26. The molecule has 2 aromatic heterocycles. The van der Waals surface area contributed by atoms with Crippen LogP contribution in [0.2, 0.25) is 0 Å². The highest BCUT2D eigenvalue weighted by molar-refractivity contribution is 5.98. The van der Waals surface area contributed by atoms with Crippen LogP contribution < -0.4 is 10.1 Å². The molecule has 0 saturated heterocycles. The van der Waals surface area contributed by atoms with Gasteiger partial charge in [-0.15, -0.1) is 0 Å². The maximum absolute atomic E-state index is 13.7. The van der Waals surface area contributed by atoms with Crippen LogP contribution >= 0.6 is 0 Å². The molecule has 28 heavy (non-hydrogen) atoms. The molecule has 1 aliphatic rings. The van der Waals surface area contributed by atoms with Gasteiger partial charge in [0.15, 0.2) is 0 Å². The van der Waals surface area contributed by atoms with E-state index in [1.54, 1.807) is 19.2 Å². The normalized spacial score (nSPS) is 16.3. The topological polar surface area (TPSA) is 69.9 Å². The van der Waals surface area contributed by atoms with Crippen LogP contribution in [0.4, 0.5) is 4.39 Å². The molecule has 0 spiro atoms. The first-order valence-electron chi connectivity index (χ1n) is 9.40. The predicted molar refractivity (Wildman–Crippen MR) is 106 cm³/mol. The number of hydrogen-bond acceptors (Lipinski definition) is 2. The van der Waals surface area contributed by atoms with Crippen LogP contribution in [0.15, 0.2) is 42.5 Å². The molecule has 4 aromatic rings. The molecule has 1 aliphatic carbocycles. The highest BCUT2D eigenvalue weighted by Crippen LogP contribution is 2.35. The van der Waals surface area contributed by atoms with Crippen molar-refractivity contribution < 1.29 is 13.9 Å². The van der Waals surface area contributed by atoms with Gasteiger partial charge >= 0.3 is 0 Å². The maximum atomic E-state index is 13.7. The molecule has 0 fully saturated rings. The lowest BCUT2D eigenvalue weighted by atomic mass is 9.91. The van der Waals surface area contributed by atoms with Gasteiger partial charge in [-0.1, -0.05) is 0 Å². The monoisotopic (exact) mass is 377 g/mol. The molecule has 2 heterocycles. The Labute approximate surface area is 160 Å². The number of amides is 1.